The average molecular weight is 179 g/mol. The summed E-state index contributed by atoms with van der Waals surface area (Å²) in [5.41, 5.74) is 0.128. The molecule has 0 saturated heterocycles. The van der Waals surface area contributed by atoms with E-state index in [2.05, 4.69) is 0 Å². The van der Waals surface area contributed by atoms with Crippen LogP contribution < -0.4 is 4.74 Å². The summed E-state index contributed by atoms with van der Waals surface area (Å²) in [6.45, 7) is -0.191. The van der Waals surface area contributed by atoms with E-state index in [1.54, 1.807) is 18.4 Å². The molecule has 0 spiro atoms. The minimum Gasteiger partial charge on any atom is -0.485 e. The fourth-order valence-electron chi connectivity index (χ4n) is 0.832. The first kappa shape index (κ1) is 9.25. The Morgan fingerprint density at radius 1 is 1.54 bits per heavy atom. The van der Waals surface area contributed by atoms with E-state index in [9.17, 15) is 9.59 Å². The van der Waals surface area contributed by atoms with Gasteiger partial charge in [-0.25, -0.2) is 4.79 Å². The summed E-state index contributed by atoms with van der Waals surface area (Å²) in [6, 6.07) is 5.91. The number of hydrogen-bond donors (Lipinski definition) is 1. The SMILES string of the molecule is O=[C]COc1cccc(C(=O)O)c1. The fourth-order valence-corrected chi connectivity index (χ4v) is 0.832. The molecule has 0 aliphatic carbocycles. The van der Waals surface area contributed by atoms with Gasteiger partial charge in [0.2, 0.25) is 6.29 Å². The van der Waals surface area contributed by atoms with Gasteiger partial charge in [-0.3, -0.25) is 4.79 Å². The highest BCUT2D eigenvalue weighted by Crippen LogP contribution is 2.12. The summed E-state index contributed by atoms with van der Waals surface area (Å²) in [4.78, 5) is 20.3. The second-order valence-corrected chi connectivity index (χ2v) is 2.27. The molecule has 1 rings (SSSR count). The predicted octanol–water partition coefficient (Wildman–Crippen LogP) is 0.873. The van der Waals surface area contributed by atoms with Gasteiger partial charge in [0, 0.05) is 0 Å². The van der Waals surface area contributed by atoms with Crippen molar-refractivity contribution in [2.24, 2.45) is 0 Å². The highest BCUT2D eigenvalue weighted by atomic mass is 16.5. The Kier molecular flexibility index (Phi) is 3.03. The zero-order valence-corrected chi connectivity index (χ0v) is 6.69. The normalized spacial score (nSPS) is 9.23. The van der Waals surface area contributed by atoms with Gasteiger partial charge in [-0.15, -0.1) is 0 Å². The van der Waals surface area contributed by atoms with Gasteiger partial charge in [-0.1, -0.05) is 6.07 Å². The largest absolute Gasteiger partial charge is 0.485 e. The Balaban J connectivity index is 2.79. The first-order valence-corrected chi connectivity index (χ1v) is 3.55. The average Bonchev–Trinajstić information content (AvgIpc) is 2.15. The molecule has 4 nitrogen and oxygen atoms in total. The van der Waals surface area contributed by atoms with E-state index in [-0.39, 0.29) is 12.2 Å². The number of carboxylic acid groups (broad SMARTS) is 1. The standard InChI is InChI=1S/C9H7O4/c10-4-5-13-8-3-1-2-7(6-8)9(11)12/h1-3,6H,5H2,(H,11,12). The summed E-state index contributed by atoms with van der Waals surface area (Å²) in [5.74, 6) is -0.677. The molecule has 1 radical (unpaired) electrons. The van der Waals surface area contributed by atoms with Crippen LogP contribution in [-0.4, -0.2) is 24.0 Å². The van der Waals surface area contributed by atoms with Crippen molar-refractivity contribution in [3.63, 3.8) is 0 Å². The topological polar surface area (TPSA) is 63.6 Å². The molecule has 0 fully saturated rings. The molecule has 0 saturated carbocycles. The van der Waals surface area contributed by atoms with Gasteiger partial charge >= 0.3 is 5.97 Å². The molecular formula is C9H7O4. The van der Waals surface area contributed by atoms with Crippen molar-refractivity contribution in [1.29, 1.82) is 0 Å². The number of carbonyl (C=O) groups excluding carboxylic acids is 1. The zero-order chi connectivity index (χ0) is 9.68. The number of ether oxygens (including phenoxy) is 1. The van der Waals surface area contributed by atoms with E-state index < -0.39 is 5.97 Å². The van der Waals surface area contributed by atoms with Crippen LogP contribution in [0.15, 0.2) is 24.3 Å². The summed E-state index contributed by atoms with van der Waals surface area (Å²) in [6.07, 6.45) is 1.55. The molecule has 0 aromatic heterocycles. The maximum Gasteiger partial charge on any atom is 0.335 e. The molecule has 0 atom stereocenters. The van der Waals surface area contributed by atoms with Crippen molar-refractivity contribution >= 4 is 12.3 Å². The van der Waals surface area contributed by atoms with Gasteiger partial charge < -0.3 is 9.84 Å². The van der Waals surface area contributed by atoms with Crippen molar-refractivity contribution in [3.8, 4) is 5.75 Å². The third-order valence-electron chi connectivity index (χ3n) is 1.38. The van der Waals surface area contributed by atoms with Gasteiger partial charge in [-0.2, -0.15) is 0 Å². The van der Waals surface area contributed by atoms with Crippen molar-refractivity contribution in [1.82, 2.24) is 0 Å². The zero-order valence-electron chi connectivity index (χ0n) is 6.69. The summed E-state index contributed by atoms with van der Waals surface area (Å²) in [7, 11) is 0. The molecule has 4 heteroatoms. The quantitative estimate of drug-likeness (QED) is 0.744. The second kappa shape index (κ2) is 4.25. The van der Waals surface area contributed by atoms with Crippen molar-refractivity contribution in [3.05, 3.63) is 29.8 Å². The monoisotopic (exact) mass is 179 g/mol. The Morgan fingerprint density at radius 3 is 2.92 bits per heavy atom. The van der Waals surface area contributed by atoms with Crippen LogP contribution in [0, 0.1) is 0 Å². The second-order valence-electron chi connectivity index (χ2n) is 2.27. The summed E-state index contributed by atoms with van der Waals surface area (Å²) in [5, 5.41) is 8.60. The number of carbonyl (C=O) groups is 1. The van der Waals surface area contributed by atoms with Gasteiger partial charge in [0.1, 0.15) is 5.75 Å². The molecule has 0 heterocycles. The van der Waals surface area contributed by atoms with Crippen LogP contribution in [0.2, 0.25) is 0 Å². The van der Waals surface area contributed by atoms with Gasteiger partial charge in [0.15, 0.2) is 6.61 Å². The van der Waals surface area contributed by atoms with Crippen LogP contribution in [0.5, 0.6) is 5.75 Å². The van der Waals surface area contributed by atoms with E-state index >= 15 is 0 Å². The van der Waals surface area contributed by atoms with E-state index in [0.717, 1.165) is 0 Å². The van der Waals surface area contributed by atoms with Crippen LogP contribution in [0.4, 0.5) is 0 Å². The Bertz CT molecular complexity index is 319. The number of carboxylic acids is 1. The minimum absolute atomic E-state index is 0.128. The van der Waals surface area contributed by atoms with E-state index in [0.29, 0.717) is 5.75 Å². The number of benzene rings is 1. The van der Waals surface area contributed by atoms with E-state index in [4.69, 9.17) is 9.84 Å². The van der Waals surface area contributed by atoms with Gasteiger partial charge in [0.25, 0.3) is 0 Å². The molecule has 13 heavy (non-hydrogen) atoms. The molecule has 0 aliphatic heterocycles. The number of rotatable bonds is 4. The maximum absolute atomic E-state index is 10.5. The molecule has 0 aliphatic rings. The lowest BCUT2D eigenvalue weighted by Gasteiger charge is -2.01. The van der Waals surface area contributed by atoms with Crippen molar-refractivity contribution in [2.75, 3.05) is 6.61 Å². The van der Waals surface area contributed by atoms with Crippen molar-refractivity contribution < 1.29 is 19.4 Å². The molecule has 0 bridgehead atoms. The predicted molar refractivity (Wildman–Crippen MR) is 44.6 cm³/mol. The fraction of sp³-hybridized carbons (Fsp3) is 0.111. The Hall–Kier alpha value is -1.84. The van der Waals surface area contributed by atoms with Crippen LogP contribution in [0.1, 0.15) is 10.4 Å². The Morgan fingerprint density at radius 2 is 2.31 bits per heavy atom. The third kappa shape index (κ3) is 2.59. The molecule has 67 valence electrons. The summed E-state index contributed by atoms with van der Waals surface area (Å²) >= 11 is 0. The first-order chi connectivity index (χ1) is 6.24. The van der Waals surface area contributed by atoms with E-state index in [1.165, 1.54) is 12.1 Å². The van der Waals surface area contributed by atoms with Crippen LogP contribution >= 0.6 is 0 Å². The van der Waals surface area contributed by atoms with Crippen LogP contribution in [-0.2, 0) is 4.79 Å². The van der Waals surface area contributed by atoms with Crippen molar-refractivity contribution in [2.45, 2.75) is 0 Å². The molecule has 1 N–H and O–H groups in total. The number of hydrogen-bond acceptors (Lipinski definition) is 3. The lowest BCUT2D eigenvalue weighted by atomic mass is 10.2. The van der Waals surface area contributed by atoms with Crippen LogP contribution in [0.3, 0.4) is 0 Å². The van der Waals surface area contributed by atoms with Gasteiger partial charge in [0.05, 0.1) is 5.56 Å². The lowest BCUT2D eigenvalue weighted by molar-refractivity contribution is 0.0696. The molecule has 1 aromatic carbocycles. The lowest BCUT2D eigenvalue weighted by Crippen LogP contribution is -2.00. The minimum atomic E-state index is -1.03. The smallest absolute Gasteiger partial charge is 0.335 e. The number of aromatic carboxylic acids is 1. The maximum atomic E-state index is 10.5. The molecule has 0 unspecified atom stereocenters. The van der Waals surface area contributed by atoms with Gasteiger partial charge in [-0.05, 0) is 18.2 Å². The third-order valence-corrected chi connectivity index (χ3v) is 1.38. The van der Waals surface area contributed by atoms with Crippen LogP contribution in [0.25, 0.3) is 0 Å². The first-order valence-electron chi connectivity index (χ1n) is 3.55. The molecule has 1 aromatic rings. The Labute approximate surface area is 74.8 Å². The summed E-state index contributed by atoms with van der Waals surface area (Å²) < 4.78 is 4.86. The molecular weight excluding hydrogens is 172 g/mol. The van der Waals surface area contributed by atoms with E-state index in [1.807, 2.05) is 0 Å². The highest BCUT2D eigenvalue weighted by molar-refractivity contribution is 5.88. The molecule has 0 amide bonds. The highest BCUT2D eigenvalue weighted by Gasteiger charge is 2.02.